The van der Waals surface area contributed by atoms with Crippen LogP contribution in [0, 0.1) is 33.1 Å². The number of aliphatic hydroxyl groups is 1. The summed E-state index contributed by atoms with van der Waals surface area (Å²) in [6.45, 7) is 14.8. The first-order chi connectivity index (χ1) is 35.9. The Morgan fingerprint density at radius 2 is 1.71 bits per heavy atom. The molecule has 76 heavy (non-hydrogen) atoms. The fourth-order valence-corrected chi connectivity index (χ4v) is 12.6. The molecule has 1 saturated heterocycles. The van der Waals surface area contributed by atoms with E-state index in [9.17, 15) is 33.2 Å². The van der Waals surface area contributed by atoms with Crippen molar-refractivity contribution < 1.29 is 41.6 Å². The van der Waals surface area contributed by atoms with E-state index in [1.165, 1.54) is 65.9 Å². The number of halogens is 2. The smallest absolute Gasteiger partial charge is 0.293 e. The van der Waals surface area contributed by atoms with Crippen molar-refractivity contribution in [1.29, 1.82) is 0 Å². The molecule has 2 fully saturated rings. The van der Waals surface area contributed by atoms with Crippen molar-refractivity contribution in [2.75, 3.05) is 49.5 Å². The lowest BCUT2D eigenvalue weighted by atomic mass is 9.73. The van der Waals surface area contributed by atoms with Gasteiger partial charge < -0.3 is 30.4 Å². The Balaban J connectivity index is 0.914. The van der Waals surface area contributed by atoms with Gasteiger partial charge in [0.1, 0.15) is 34.5 Å². The van der Waals surface area contributed by atoms with Crippen molar-refractivity contribution in [2.45, 2.75) is 103 Å². The van der Waals surface area contributed by atoms with E-state index in [1.54, 1.807) is 50.5 Å². The lowest BCUT2D eigenvalue weighted by Gasteiger charge is -2.39. The Kier molecular flexibility index (Phi) is 15.2. The van der Waals surface area contributed by atoms with Crippen LogP contribution in [-0.4, -0.2) is 90.0 Å². The number of aromatic nitrogens is 2. The molecular formula is C56H64F2N8O8S2. The molecule has 6 aromatic rings. The second-order valence-corrected chi connectivity index (χ2v) is 24.7. The predicted octanol–water partition coefficient (Wildman–Crippen LogP) is 10.9. The number of nitro groups is 1. The number of ether oxygens (including phenoxy) is 1. The Morgan fingerprint density at radius 1 is 0.987 bits per heavy atom. The van der Waals surface area contributed by atoms with Crippen molar-refractivity contribution >= 4 is 66.8 Å². The van der Waals surface area contributed by atoms with Crippen LogP contribution in [0.3, 0.4) is 0 Å². The molecule has 0 bridgehead atoms. The van der Waals surface area contributed by atoms with Crippen LogP contribution in [0.4, 0.5) is 25.8 Å². The average Bonchev–Trinajstić information content (AvgIpc) is 4.04. The first kappa shape index (κ1) is 54.1. The Morgan fingerprint density at radius 3 is 2.41 bits per heavy atom. The highest BCUT2D eigenvalue weighted by Gasteiger charge is 2.33. The molecule has 2 aliphatic carbocycles. The Labute approximate surface area is 445 Å². The number of H-pyrrole nitrogens is 1. The zero-order chi connectivity index (χ0) is 54.3. The largest absolute Gasteiger partial charge is 0.455 e. The number of hydrogen-bond acceptors (Lipinski definition) is 13. The molecule has 20 heteroatoms. The lowest BCUT2D eigenvalue weighted by molar-refractivity contribution is -0.384. The lowest BCUT2D eigenvalue weighted by Crippen LogP contribution is -2.47. The highest BCUT2D eigenvalue weighted by molar-refractivity contribution is 7.90. The molecule has 3 aromatic heterocycles. The summed E-state index contributed by atoms with van der Waals surface area (Å²) in [5, 5.41) is 31.0. The number of sulfonamides is 1. The molecular weight excluding hydrogens is 1010 g/mol. The van der Waals surface area contributed by atoms with Crippen LogP contribution in [0.25, 0.3) is 27.7 Å². The SMILES string of the molecule is CC(=O)NC(C)(C)c1cc(F)c(-c2csc(C3=C(CN4CCN(c5ccc(C(=O)NS(=O)(=O)c6ccc(NCC7CCC(C)(O)CC7)c([N+](=O)[O-])c6)c(Oc6cnc7[nH]ccc7c6)c5)CC4)CCC(C)(C)C3)c2)c(F)c1. The Hall–Kier alpha value is -6.74. The molecule has 0 spiro atoms. The maximum atomic E-state index is 15.8. The van der Waals surface area contributed by atoms with Gasteiger partial charge in [-0.1, -0.05) is 19.4 Å². The van der Waals surface area contributed by atoms with Gasteiger partial charge in [0, 0.05) is 80.5 Å². The number of rotatable bonds is 16. The topological polar surface area (TPSA) is 212 Å². The molecule has 0 radical (unpaired) electrons. The normalized spacial score (nSPS) is 19.4. The number of nitrogens with one attached hydrogen (secondary N) is 4. The second kappa shape index (κ2) is 21.4. The second-order valence-electron chi connectivity index (χ2n) is 22.1. The number of piperazine rings is 1. The molecule has 2 amide bonds. The van der Waals surface area contributed by atoms with Crippen molar-refractivity contribution in [1.82, 2.24) is 24.9 Å². The molecule has 9 rings (SSSR count). The summed E-state index contributed by atoms with van der Waals surface area (Å²) in [7, 11) is -4.63. The average molecular weight is 1080 g/mol. The molecule has 4 heterocycles. The van der Waals surface area contributed by atoms with Crippen LogP contribution in [0.2, 0.25) is 0 Å². The van der Waals surface area contributed by atoms with E-state index < -0.39 is 54.2 Å². The molecule has 3 aromatic carbocycles. The molecule has 3 aliphatic rings. The van der Waals surface area contributed by atoms with Crippen LogP contribution in [0.1, 0.15) is 107 Å². The Bertz CT molecular complexity index is 3330. The number of benzene rings is 3. The van der Waals surface area contributed by atoms with Gasteiger partial charge in [0.25, 0.3) is 21.6 Å². The summed E-state index contributed by atoms with van der Waals surface area (Å²) in [5.41, 5.74) is 2.44. The molecule has 16 nitrogen and oxygen atoms in total. The van der Waals surface area contributed by atoms with E-state index >= 15 is 8.78 Å². The van der Waals surface area contributed by atoms with Crippen molar-refractivity contribution in [3.8, 4) is 22.6 Å². The van der Waals surface area contributed by atoms with Gasteiger partial charge in [-0.3, -0.25) is 24.6 Å². The predicted molar refractivity (Wildman–Crippen MR) is 291 cm³/mol. The van der Waals surface area contributed by atoms with Crippen molar-refractivity contribution in [3.63, 3.8) is 0 Å². The van der Waals surface area contributed by atoms with E-state index in [0.717, 1.165) is 54.1 Å². The number of amides is 2. The zero-order valence-electron chi connectivity index (χ0n) is 43.5. The quantitative estimate of drug-likeness (QED) is 0.0453. The number of anilines is 2. The van der Waals surface area contributed by atoms with Gasteiger partial charge in [-0.25, -0.2) is 26.9 Å². The minimum absolute atomic E-state index is 0.0237. The number of nitrogens with zero attached hydrogens (tertiary/aromatic N) is 4. The first-order valence-electron chi connectivity index (χ1n) is 25.6. The van der Waals surface area contributed by atoms with Gasteiger partial charge in [-0.2, -0.15) is 0 Å². The highest BCUT2D eigenvalue weighted by atomic mass is 32.2. The number of hydrogen-bond donors (Lipinski definition) is 5. The van der Waals surface area contributed by atoms with E-state index in [-0.39, 0.29) is 39.8 Å². The van der Waals surface area contributed by atoms with E-state index in [2.05, 4.69) is 49.0 Å². The summed E-state index contributed by atoms with van der Waals surface area (Å²) in [6, 6.07) is 16.4. The summed E-state index contributed by atoms with van der Waals surface area (Å²) >= 11 is 1.48. The summed E-state index contributed by atoms with van der Waals surface area (Å²) in [6.07, 6.45) is 8.61. The minimum atomic E-state index is -4.63. The third kappa shape index (κ3) is 12.3. The maximum absolute atomic E-state index is 15.8. The molecule has 1 aliphatic heterocycles. The fraction of sp³-hybridized carbons (Fsp3) is 0.411. The molecule has 1 saturated carbocycles. The van der Waals surface area contributed by atoms with Crippen LogP contribution in [0.15, 0.2) is 95.0 Å². The molecule has 5 N–H and O–H groups in total. The molecule has 0 unspecified atom stereocenters. The number of thiophene rings is 1. The van der Waals surface area contributed by atoms with Gasteiger partial charge >= 0.3 is 0 Å². The van der Waals surface area contributed by atoms with Crippen LogP contribution < -0.4 is 25.0 Å². The van der Waals surface area contributed by atoms with Gasteiger partial charge in [0.2, 0.25) is 5.91 Å². The fourth-order valence-electron chi connectivity index (χ4n) is 10.6. The summed E-state index contributed by atoms with van der Waals surface area (Å²) in [4.78, 5) is 49.9. The van der Waals surface area contributed by atoms with E-state index in [4.69, 9.17) is 4.74 Å². The third-order valence-corrected chi connectivity index (χ3v) is 17.4. The minimum Gasteiger partial charge on any atom is -0.455 e. The summed E-state index contributed by atoms with van der Waals surface area (Å²) < 4.78 is 67.6. The number of allylic oxidation sites excluding steroid dienone is 1. The van der Waals surface area contributed by atoms with Gasteiger partial charge in [0.05, 0.1) is 38.3 Å². The van der Waals surface area contributed by atoms with Gasteiger partial charge in [-0.15, -0.1) is 11.3 Å². The van der Waals surface area contributed by atoms with E-state index in [1.807, 2.05) is 12.1 Å². The number of fused-ring (bicyclic) bond motifs is 1. The highest BCUT2D eigenvalue weighted by Crippen LogP contribution is 2.46. The number of carbonyl (C=O) groups is 2. The number of carbonyl (C=O) groups excluding carboxylic acids is 2. The van der Waals surface area contributed by atoms with Crippen molar-refractivity contribution in [2.24, 2.45) is 11.3 Å². The van der Waals surface area contributed by atoms with Crippen LogP contribution in [0.5, 0.6) is 11.5 Å². The molecule has 402 valence electrons. The monoisotopic (exact) mass is 1080 g/mol. The van der Waals surface area contributed by atoms with Crippen LogP contribution >= 0.6 is 11.3 Å². The summed E-state index contributed by atoms with van der Waals surface area (Å²) in [5.74, 6) is -2.16. The standard InChI is InChI=1S/C56H64F2N8O8S2/c1-34(67)62-55(4,5)39-25-45(57)51(46(58)26-39)38-24-50(75-33-38)44-29-54(2,3)15-13-37(44)32-64-19-21-65(22-20-64)40-7-9-43(49(27-40)74-41-23-36-14-18-59-52(36)61-31-41)53(68)63-76(72,73)42-8-10-47(48(28-42)66(70)71)60-30-35-11-16-56(6,69)17-12-35/h7-10,14,18,23-28,31,33,35,60,69H,11-13,15-17,19-22,29-30,32H2,1-6H3,(H,59,61)(H,62,67)(H,63,68). The zero-order valence-corrected chi connectivity index (χ0v) is 45.2. The number of nitro benzene ring substituents is 1. The molecule has 0 atom stereocenters. The maximum Gasteiger partial charge on any atom is 0.293 e. The van der Waals surface area contributed by atoms with Gasteiger partial charge in [0.15, 0.2) is 0 Å². The van der Waals surface area contributed by atoms with E-state index in [0.29, 0.717) is 74.6 Å². The number of aromatic amines is 1. The van der Waals surface area contributed by atoms with Crippen molar-refractivity contribution in [3.05, 3.63) is 128 Å². The third-order valence-electron chi connectivity index (χ3n) is 15.1. The van der Waals surface area contributed by atoms with Crippen LogP contribution in [-0.2, 0) is 20.4 Å². The van der Waals surface area contributed by atoms with Gasteiger partial charge in [-0.05, 0) is 154 Å². The number of pyridine rings is 1. The first-order valence-corrected chi connectivity index (χ1v) is 27.9.